The topological polar surface area (TPSA) is 38.0 Å². The number of aryl methyl sites for hydroxylation is 1. The van der Waals surface area contributed by atoms with E-state index in [1.54, 1.807) is 6.07 Å². The first kappa shape index (κ1) is 18.9. The predicted molar refractivity (Wildman–Crippen MR) is 126 cm³/mol. The zero-order valence-corrected chi connectivity index (χ0v) is 17.2. The van der Waals surface area contributed by atoms with Gasteiger partial charge >= 0.3 is 0 Å². The van der Waals surface area contributed by atoms with Crippen molar-refractivity contribution in [1.82, 2.24) is 9.55 Å². The Bertz CT molecular complexity index is 1340. The van der Waals surface area contributed by atoms with Crippen molar-refractivity contribution in [2.45, 2.75) is 6.92 Å². The normalized spacial score (nSPS) is 10.9. The molecule has 1 heterocycles. The van der Waals surface area contributed by atoms with Gasteiger partial charge in [0.15, 0.2) is 0 Å². The summed E-state index contributed by atoms with van der Waals surface area (Å²) in [5, 5.41) is 10.7. The van der Waals surface area contributed by atoms with Crippen LogP contribution in [0.15, 0.2) is 109 Å². The molecule has 3 heteroatoms. The number of benzene rings is 4. The Morgan fingerprint density at radius 3 is 1.90 bits per heavy atom. The Hall–Kier alpha value is -4.11. The van der Waals surface area contributed by atoms with Gasteiger partial charge in [-0.05, 0) is 30.7 Å². The van der Waals surface area contributed by atoms with E-state index < -0.39 is 0 Å². The molecule has 3 nitrogen and oxygen atoms in total. The molecular weight excluding hydrogens is 380 g/mol. The van der Waals surface area contributed by atoms with E-state index in [2.05, 4.69) is 47.9 Å². The van der Waals surface area contributed by atoms with Crippen LogP contribution in [-0.4, -0.2) is 14.7 Å². The summed E-state index contributed by atoms with van der Waals surface area (Å²) in [6.07, 6.45) is 0. The lowest BCUT2D eigenvalue weighted by Gasteiger charge is -2.16. The van der Waals surface area contributed by atoms with Gasteiger partial charge in [0.25, 0.3) is 0 Å². The van der Waals surface area contributed by atoms with Crippen LogP contribution in [0.2, 0.25) is 0 Å². The third-order valence-corrected chi connectivity index (χ3v) is 5.47. The van der Waals surface area contributed by atoms with Crippen molar-refractivity contribution in [2.24, 2.45) is 0 Å². The number of rotatable bonds is 4. The molecule has 0 saturated heterocycles. The van der Waals surface area contributed by atoms with Crippen molar-refractivity contribution < 1.29 is 5.11 Å². The molecule has 5 rings (SSSR count). The maximum absolute atomic E-state index is 10.7. The number of phenols is 1. The molecule has 0 aliphatic rings. The number of hydrogen-bond donors (Lipinski definition) is 1. The molecule has 0 atom stereocenters. The zero-order chi connectivity index (χ0) is 21.2. The van der Waals surface area contributed by atoms with Crippen molar-refractivity contribution in [1.29, 1.82) is 0 Å². The molecule has 5 aromatic rings. The average molecular weight is 402 g/mol. The quantitative estimate of drug-likeness (QED) is 0.355. The molecule has 0 aliphatic carbocycles. The third kappa shape index (κ3) is 3.40. The molecular formula is C28H22N2O. The van der Waals surface area contributed by atoms with Crippen molar-refractivity contribution in [3.8, 4) is 45.3 Å². The highest BCUT2D eigenvalue weighted by atomic mass is 16.3. The number of hydrogen-bond acceptors (Lipinski definition) is 2. The Balaban J connectivity index is 1.93. The van der Waals surface area contributed by atoms with Crippen molar-refractivity contribution in [2.75, 3.05) is 0 Å². The van der Waals surface area contributed by atoms with E-state index in [0.29, 0.717) is 11.4 Å². The van der Waals surface area contributed by atoms with Gasteiger partial charge in [0.1, 0.15) is 11.6 Å². The van der Waals surface area contributed by atoms with Crippen LogP contribution in [0, 0.1) is 6.92 Å². The van der Waals surface area contributed by atoms with Gasteiger partial charge in [0.05, 0.1) is 22.6 Å². The monoisotopic (exact) mass is 402 g/mol. The zero-order valence-electron chi connectivity index (χ0n) is 17.2. The molecule has 150 valence electrons. The second kappa shape index (κ2) is 7.96. The maximum Gasteiger partial charge on any atom is 0.149 e. The summed E-state index contributed by atoms with van der Waals surface area (Å²) in [4.78, 5) is 5.11. The van der Waals surface area contributed by atoms with E-state index >= 15 is 0 Å². The van der Waals surface area contributed by atoms with E-state index in [9.17, 15) is 5.11 Å². The minimum absolute atomic E-state index is 0.210. The van der Waals surface area contributed by atoms with E-state index in [1.807, 2.05) is 66.7 Å². The molecule has 31 heavy (non-hydrogen) atoms. The summed E-state index contributed by atoms with van der Waals surface area (Å²) < 4.78 is 2.17. The van der Waals surface area contributed by atoms with Crippen LogP contribution in [0.3, 0.4) is 0 Å². The van der Waals surface area contributed by atoms with Gasteiger partial charge in [-0.2, -0.15) is 0 Å². The van der Waals surface area contributed by atoms with Crippen LogP contribution >= 0.6 is 0 Å². The fourth-order valence-electron chi connectivity index (χ4n) is 3.97. The number of para-hydroxylation sites is 2. The number of aromatic hydroxyl groups is 1. The summed E-state index contributed by atoms with van der Waals surface area (Å²) in [5.41, 5.74) is 6.85. The average Bonchev–Trinajstić information content (AvgIpc) is 3.21. The molecule has 1 aromatic heterocycles. The first-order chi connectivity index (χ1) is 15.2. The summed E-state index contributed by atoms with van der Waals surface area (Å²) >= 11 is 0. The maximum atomic E-state index is 10.7. The Morgan fingerprint density at radius 2 is 1.23 bits per heavy atom. The number of aromatic nitrogens is 2. The first-order valence-corrected chi connectivity index (χ1v) is 10.3. The number of imidazole rings is 1. The van der Waals surface area contributed by atoms with Gasteiger partial charge in [-0.3, -0.25) is 4.57 Å². The molecule has 0 saturated carbocycles. The highest BCUT2D eigenvalue weighted by Gasteiger charge is 2.24. The van der Waals surface area contributed by atoms with Gasteiger partial charge in [0.2, 0.25) is 0 Å². The molecule has 0 amide bonds. The lowest BCUT2D eigenvalue weighted by atomic mass is 10.0. The van der Waals surface area contributed by atoms with Gasteiger partial charge in [-0.1, -0.05) is 91.0 Å². The van der Waals surface area contributed by atoms with E-state index in [0.717, 1.165) is 33.8 Å². The van der Waals surface area contributed by atoms with E-state index in [4.69, 9.17) is 4.98 Å². The molecule has 0 bridgehead atoms. The first-order valence-electron chi connectivity index (χ1n) is 10.3. The van der Waals surface area contributed by atoms with Crippen LogP contribution in [0.1, 0.15) is 5.56 Å². The lowest BCUT2D eigenvalue weighted by molar-refractivity contribution is 0.477. The molecule has 0 radical (unpaired) electrons. The van der Waals surface area contributed by atoms with Crippen LogP contribution in [0.5, 0.6) is 5.75 Å². The molecule has 4 aromatic carbocycles. The molecule has 1 N–H and O–H groups in total. The smallest absolute Gasteiger partial charge is 0.149 e. The fourth-order valence-corrected chi connectivity index (χ4v) is 3.97. The van der Waals surface area contributed by atoms with Crippen LogP contribution in [0.4, 0.5) is 0 Å². The Kier molecular flexibility index (Phi) is 4.85. The predicted octanol–water partition coefficient (Wildman–Crippen LogP) is 6.89. The minimum Gasteiger partial charge on any atom is -0.507 e. The number of phenolic OH excluding ortho intramolecular Hbond substituents is 1. The van der Waals surface area contributed by atoms with Gasteiger partial charge in [-0.15, -0.1) is 0 Å². The van der Waals surface area contributed by atoms with E-state index in [1.165, 1.54) is 0 Å². The largest absolute Gasteiger partial charge is 0.507 e. The van der Waals surface area contributed by atoms with Gasteiger partial charge in [-0.25, -0.2) is 4.98 Å². The molecule has 0 spiro atoms. The summed E-state index contributed by atoms with van der Waals surface area (Å²) in [5.74, 6) is 0.923. The summed E-state index contributed by atoms with van der Waals surface area (Å²) in [6.45, 7) is 2.10. The van der Waals surface area contributed by atoms with Crippen molar-refractivity contribution >= 4 is 0 Å². The third-order valence-electron chi connectivity index (χ3n) is 5.47. The summed E-state index contributed by atoms with van der Waals surface area (Å²) in [6, 6.07) is 36.2. The second-order valence-corrected chi connectivity index (χ2v) is 7.50. The lowest BCUT2D eigenvalue weighted by Crippen LogP contribution is -2.02. The molecule has 0 aliphatic heterocycles. The number of nitrogens with zero attached hydrogens (tertiary/aromatic N) is 2. The molecule has 0 fully saturated rings. The Morgan fingerprint density at radius 1 is 0.645 bits per heavy atom. The summed E-state index contributed by atoms with van der Waals surface area (Å²) in [7, 11) is 0. The van der Waals surface area contributed by atoms with Crippen molar-refractivity contribution in [3.63, 3.8) is 0 Å². The van der Waals surface area contributed by atoms with E-state index in [-0.39, 0.29) is 5.75 Å². The minimum atomic E-state index is 0.210. The Labute approximate surface area is 181 Å². The highest BCUT2D eigenvalue weighted by Crippen LogP contribution is 2.40. The van der Waals surface area contributed by atoms with Gasteiger partial charge < -0.3 is 5.11 Å². The van der Waals surface area contributed by atoms with Crippen LogP contribution in [-0.2, 0) is 0 Å². The molecule has 0 unspecified atom stereocenters. The second-order valence-electron chi connectivity index (χ2n) is 7.50. The SMILES string of the molecule is Cc1ccccc1-n1c(-c2ccccc2O)nc(-c2ccccc2)c1-c1ccccc1. The van der Waals surface area contributed by atoms with Crippen LogP contribution in [0.25, 0.3) is 39.6 Å². The van der Waals surface area contributed by atoms with Gasteiger partial charge in [0, 0.05) is 11.1 Å². The standard InChI is InChI=1S/C28H22N2O/c1-20-12-8-10-18-24(20)30-27(22-15-6-3-7-16-22)26(21-13-4-2-5-14-21)29-28(30)23-17-9-11-19-25(23)31/h2-19,31H,1H3. The van der Waals surface area contributed by atoms with Crippen molar-refractivity contribution in [3.05, 3.63) is 115 Å². The highest BCUT2D eigenvalue weighted by molar-refractivity contribution is 5.85. The fraction of sp³-hybridized carbons (Fsp3) is 0.0357. The van der Waals surface area contributed by atoms with Crippen LogP contribution < -0.4 is 0 Å².